The Balaban J connectivity index is 1.56. The third-order valence-electron chi connectivity index (χ3n) is 4.81. The molecule has 3 aliphatic rings. The van der Waals surface area contributed by atoms with Crippen LogP contribution in [-0.2, 0) is 4.74 Å². The van der Waals surface area contributed by atoms with Crippen molar-refractivity contribution in [2.24, 2.45) is 5.92 Å². The van der Waals surface area contributed by atoms with E-state index in [2.05, 4.69) is 20.4 Å². The van der Waals surface area contributed by atoms with Gasteiger partial charge in [0, 0.05) is 58.4 Å². The second kappa shape index (κ2) is 6.99. The Kier molecular flexibility index (Phi) is 5.07. The average molecular weight is 268 g/mol. The lowest BCUT2D eigenvalue weighted by atomic mass is 9.90. The second-order valence-electron chi connectivity index (χ2n) is 6.02. The van der Waals surface area contributed by atoms with Gasteiger partial charge in [-0.05, 0) is 18.9 Å². The normalized spacial score (nSPS) is 35.4. The van der Waals surface area contributed by atoms with E-state index in [-0.39, 0.29) is 0 Å². The van der Waals surface area contributed by atoms with E-state index in [1.807, 2.05) is 0 Å². The standard InChI is InChI=1S/C14H28N4O/c1-2-16-11-14(18-7-9-19-10-8-18)13(1)12-17-5-3-15-4-6-17/h13-16H,1-12H2. The molecule has 2 atom stereocenters. The summed E-state index contributed by atoms with van der Waals surface area (Å²) in [6.07, 6.45) is 1.33. The molecule has 19 heavy (non-hydrogen) atoms. The average Bonchev–Trinajstić information content (AvgIpc) is 2.50. The molecule has 3 rings (SSSR count). The summed E-state index contributed by atoms with van der Waals surface area (Å²) < 4.78 is 5.49. The number of piperidine rings is 1. The molecule has 0 aliphatic carbocycles. The van der Waals surface area contributed by atoms with Crippen LogP contribution in [0, 0.1) is 5.92 Å². The molecule has 5 heteroatoms. The van der Waals surface area contributed by atoms with Gasteiger partial charge in [-0.3, -0.25) is 4.90 Å². The number of nitrogens with one attached hydrogen (secondary N) is 2. The molecule has 0 aromatic rings. The van der Waals surface area contributed by atoms with Crippen molar-refractivity contribution in [1.29, 1.82) is 0 Å². The van der Waals surface area contributed by atoms with Crippen molar-refractivity contribution in [2.45, 2.75) is 12.5 Å². The lowest BCUT2D eigenvalue weighted by molar-refractivity contribution is -0.00907. The van der Waals surface area contributed by atoms with Gasteiger partial charge in [0.05, 0.1) is 13.2 Å². The van der Waals surface area contributed by atoms with Crippen molar-refractivity contribution in [2.75, 3.05) is 72.1 Å². The molecule has 110 valence electrons. The first-order chi connectivity index (χ1) is 9.43. The fraction of sp³-hybridized carbons (Fsp3) is 1.00. The molecule has 3 saturated heterocycles. The van der Waals surface area contributed by atoms with Crippen molar-refractivity contribution in [1.82, 2.24) is 20.4 Å². The van der Waals surface area contributed by atoms with Crippen molar-refractivity contribution in [3.8, 4) is 0 Å². The smallest absolute Gasteiger partial charge is 0.0594 e. The summed E-state index contributed by atoms with van der Waals surface area (Å²) in [4.78, 5) is 5.31. The van der Waals surface area contributed by atoms with Crippen LogP contribution >= 0.6 is 0 Å². The first kappa shape index (κ1) is 13.8. The van der Waals surface area contributed by atoms with Crippen molar-refractivity contribution in [3.05, 3.63) is 0 Å². The number of ether oxygens (including phenoxy) is 1. The maximum absolute atomic E-state index is 5.49. The van der Waals surface area contributed by atoms with Crippen LogP contribution in [0.2, 0.25) is 0 Å². The number of hydrogen-bond donors (Lipinski definition) is 2. The minimum atomic E-state index is 0.715. The van der Waals surface area contributed by atoms with Crippen molar-refractivity contribution >= 4 is 0 Å². The van der Waals surface area contributed by atoms with Gasteiger partial charge >= 0.3 is 0 Å². The Hall–Kier alpha value is -0.200. The molecule has 3 heterocycles. The van der Waals surface area contributed by atoms with E-state index < -0.39 is 0 Å². The molecular formula is C14H28N4O. The van der Waals surface area contributed by atoms with Crippen LogP contribution in [-0.4, -0.2) is 88.0 Å². The van der Waals surface area contributed by atoms with Crippen LogP contribution in [0.4, 0.5) is 0 Å². The number of piperazine rings is 1. The summed E-state index contributed by atoms with van der Waals surface area (Å²) in [5.41, 5.74) is 0. The first-order valence-electron chi connectivity index (χ1n) is 7.89. The molecule has 2 unspecified atom stereocenters. The van der Waals surface area contributed by atoms with E-state index in [4.69, 9.17) is 4.74 Å². The van der Waals surface area contributed by atoms with E-state index in [0.29, 0.717) is 6.04 Å². The predicted molar refractivity (Wildman–Crippen MR) is 76.5 cm³/mol. The highest BCUT2D eigenvalue weighted by Crippen LogP contribution is 2.21. The summed E-state index contributed by atoms with van der Waals surface area (Å²) in [6, 6.07) is 0.715. The summed E-state index contributed by atoms with van der Waals surface area (Å²) in [6.45, 7) is 12.5. The molecule has 0 spiro atoms. The Morgan fingerprint density at radius 2 is 1.74 bits per heavy atom. The van der Waals surface area contributed by atoms with Gasteiger partial charge in [-0.15, -0.1) is 0 Å². The highest BCUT2D eigenvalue weighted by molar-refractivity contribution is 4.89. The number of nitrogens with zero attached hydrogens (tertiary/aromatic N) is 2. The Labute approximate surface area is 116 Å². The van der Waals surface area contributed by atoms with Crippen molar-refractivity contribution < 1.29 is 4.74 Å². The summed E-state index contributed by atoms with van der Waals surface area (Å²) >= 11 is 0. The SMILES string of the molecule is C1CN(CC2CCNCC2N2CCOCC2)CCN1. The fourth-order valence-corrected chi connectivity index (χ4v) is 3.67. The van der Waals surface area contributed by atoms with Crippen molar-refractivity contribution in [3.63, 3.8) is 0 Å². The van der Waals surface area contributed by atoms with Crippen LogP contribution in [0.1, 0.15) is 6.42 Å². The molecular weight excluding hydrogens is 240 g/mol. The highest BCUT2D eigenvalue weighted by atomic mass is 16.5. The minimum Gasteiger partial charge on any atom is -0.379 e. The molecule has 3 fully saturated rings. The minimum absolute atomic E-state index is 0.715. The molecule has 5 nitrogen and oxygen atoms in total. The zero-order chi connectivity index (χ0) is 12.9. The molecule has 0 saturated carbocycles. The maximum atomic E-state index is 5.49. The van der Waals surface area contributed by atoms with Gasteiger partial charge < -0.3 is 20.3 Å². The van der Waals surface area contributed by atoms with Gasteiger partial charge in [-0.2, -0.15) is 0 Å². The fourth-order valence-electron chi connectivity index (χ4n) is 3.67. The van der Waals surface area contributed by atoms with Gasteiger partial charge in [0.15, 0.2) is 0 Å². The van der Waals surface area contributed by atoms with Crippen LogP contribution < -0.4 is 10.6 Å². The molecule has 0 aromatic carbocycles. The van der Waals surface area contributed by atoms with E-state index in [9.17, 15) is 0 Å². The number of rotatable bonds is 3. The van der Waals surface area contributed by atoms with E-state index in [0.717, 1.165) is 51.9 Å². The monoisotopic (exact) mass is 268 g/mol. The van der Waals surface area contributed by atoms with Gasteiger partial charge in [0.25, 0.3) is 0 Å². The van der Waals surface area contributed by atoms with Crippen LogP contribution in [0.15, 0.2) is 0 Å². The Morgan fingerprint density at radius 3 is 2.53 bits per heavy atom. The van der Waals surface area contributed by atoms with E-state index in [1.165, 1.54) is 32.6 Å². The van der Waals surface area contributed by atoms with Crippen LogP contribution in [0.3, 0.4) is 0 Å². The van der Waals surface area contributed by atoms with Gasteiger partial charge in [-0.25, -0.2) is 0 Å². The number of morpholine rings is 1. The topological polar surface area (TPSA) is 39.8 Å². The molecule has 3 aliphatic heterocycles. The van der Waals surface area contributed by atoms with E-state index in [1.54, 1.807) is 0 Å². The Morgan fingerprint density at radius 1 is 0.947 bits per heavy atom. The maximum Gasteiger partial charge on any atom is 0.0594 e. The third-order valence-corrected chi connectivity index (χ3v) is 4.81. The quantitative estimate of drug-likeness (QED) is 0.701. The second-order valence-corrected chi connectivity index (χ2v) is 6.02. The van der Waals surface area contributed by atoms with Crippen LogP contribution in [0.5, 0.6) is 0 Å². The summed E-state index contributed by atoms with van der Waals surface area (Å²) in [7, 11) is 0. The van der Waals surface area contributed by atoms with E-state index >= 15 is 0 Å². The highest BCUT2D eigenvalue weighted by Gasteiger charge is 2.32. The zero-order valence-electron chi connectivity index (χ0n) is 11.9. The molecule has 2 N–H and O–H groups in total. The molecule has 0 bridgehead atoms. The van der Waals surface area contributed by atoms with Crippen LogP contribution in [0.25, 0.3) is 0 Å². The summed E-state index contributed by atoms with van der Waals surface area (Å²) in [5.74, 6) is 0.831. The van der Waals surface area contributed by atoms with Gasteiger partial charge in [0.1, 0.15) is 0 Å². The molecule has 0 amide bonds. The first-order valence-corrected chi connectivity index (χ1v) is 7.89. The van der Waals surface area contributed by atoms with Gasteiger partial charge in [0.2, 0.25) is 0 Å². The predicted octanol–water partition coefficient (Wildman–Crippen LogP) is -0.798. The molecule has 0 aromatic heterocycles. The largest absolute Gasteiger partial charge is 0.379 e. The third kappa shape index (κ3) is 3.67. The summed E-state index contributed by atoms with van der Waals surface area (Å²) in [5, 5.41) is 7.03. The van der Waals surface area contributed by atoms with Gasteiger partial charge in [-0.1, -0.05) is 0 Å². The lowest BCUT2D eigenvalue weighted by Crippen LogP contribution is -2.57. The molecule has 0 radical (unpaired) electrons. The number of hydrogen-bond acceptors (Lipinski definition) is 5. The Bertz CT molecular complexity index is 264. The lowest BCUT2D eigenvalue weighted by Gasteiger charge is -2.44. The zero-order valence-corrected chi connectivity index (χ0v) is 11.9.